The van der Waals surface area contributed by atoms with Crippen molar-refractivity contribution in [3.8, 4) is 5.75 Å². The summed E-state index contributed by atoms with van der Waals surface area (Å²) < 4.78 is 5.80. The van der Waals surface area contributed by atoms with Gasteiger partial charge < -0.3 is 19.6 Å². The number of rotatable bonds is 7. The van der Waals surface area contributed by atoms with Gasteiger partial charge in [-0.3, -0.25) is 0 Å². The molecule has 1 heterocycles. The summed E-state index contributed by atoms with van der Waals surface area (Å²) in [5.74, 6) is 0.855. The molecular weight excluding hydrogens is 324 g/mol. The lowest BCUT2D eigenvalue weighted by Crippen LogP contribution is -3.28. The van der Waals surface area contributed by atoms with Crippen LogP contribution in [0.3, 0.4) is 0 Å². The molecule has 0 amide bonds. The van der Waals surface area contributed by atoms with Gasteiger partial charge in [0.2, 0.25) is 0 Å². The van der Waals surface area contributed by atoms with Crippen molar-refractivity contribution in [2.75, 3.05) is 39.3 Å². The zero-order valence-electron chi connectivity index (χ0n) is 16.0. The Morgan fingerprint density at radius 3 is 2.19 bits per heavy atom. The second kappa shape index (κ2) is 9.17. The Kier molecular flexibility index (Phi) is 6.67. The van der Waals surface area contributed by atoms with Gasteiger partial charge in [-0.25, -0.2) is 0 Å². The molecule has 0 spiro atoms. The zero-order chi connectivity index (χ0) is 18.4. The van der Waals surface area contributed by atoms with Crippen molar-refractivity contribution >= 4 is 0 Å². The molecular formula is C22H32N2O2+2. The maximum atomic E-state index is 10.3. The van der Waals surface area contributed by atoms with Crippen LogP contribution in [0.25, 0.3) is 0 Å². The minimum atomic E-state index is -0.415. The number of hydrogen-bond donors (Lipinski definition) is 3. The summed E-state index contributed by atoms with van der Waals surface area (Å²) in [5, 5.41) is 10.3. The van der Waals surface area contributed by atoms with Crippen LogP contribution in [0.2, 0.25) is 0 Å². The Hall–Kier alpha value is -1.88. The number of aryl methyl sites for hydroxylation is 2. The molecule has 1 aliphatic rings. The van der Waals surface area contributed by atoms with Crippen molar-refractivity contribution in [3.05, 3.63) is 65.2 Å². The number of aliphatic hydroxyl groups excluding tert-OH is 1. The maximum Gasteiger partial charge on any atom is 0.137 e. The summed E-state index contributed by atoms with van der Waals surface area (Å²) in [5.41, 5.74) is 3.79. The van der Waals surface area contributed by atoms with E-state index in [2.05, 4.69) is 50.2 Å². The molecule has 140 valence electrons. The summed E-state index contributed by atoms with van der Waals surface area (Å²) in [6.07, 6.45) is -0.415. The van der Waals surface area contributed by atoms with Crippen LogP contribution in [0.15, 0.2) is 48.5 Å². The van der Waals surface area contributed by atoms with Gasteiger partial charge >= 0.3 is 0 Å². The summed E-state index contributed by atoms with van der Waals surface area (Å²) >= 11 is 0. The van der Waals surface area contributed by atoms with Gasteiger partial charge in [0.15, 0.2) is 0 Å². The van der Waals surface area contributed by atoms with Crippen LogP contribution in [0, 0.1) is 13.8 Å². The minimum absolute atomic E-state index is 0.368. The molecule has 4 nitrogen and oxygen atoms in total. The lowest BCUT2D eigenvalue weighted by atomic mass is 10.1. The Balaban J connectivity index is 1.38. The largest absolute Gasteiger partial charge is 0.491 e. The first-order valence-corrected chi connectivity index (χ1v) is 9.69. The molecule has 1 atom stereocenters. The molecule has 3 rings (SSSR count). The van der Waals surface area contributed by atoms with Gasteiger partial charge in [0.1, 0.15) is 57.7 Å². The van der Waals surface area contributed by atoms with Crippen molar-refractivity contribution in [1.82, 2.24) is 0 Å². The van der Waals surface area contributed by atoms with Crippen molar-refractivity contribution in [2.45, 2.75) is 26.5 Å². The van der Waals surface area contributed by atoms with E-state index in [4.69, 9.17) is 4.74 Å². The molecule has 1 aliphatic heterocycles. The van der Waals surface area contributed by atoms with Gasteiger partial charge in [0, 0.05) is 5.56 Å². The van der Waals surface area contributed by atoms with Gasteiger partial charge in [-0.1, -0.05) is 36.4 Å². The smallest absolute Gasteiger partial charge is 0.137 e. The van der Waals surface area contributed by atoms with Gasteiger partial charge in [-0.05, 0) is 37.1 Å². The SMILES string of the molecule is Cc1cc(C)cc(OC[C@@H](O)C[NH+]2CC[NH+](Cc3ccccc3)CC2)c1. The van der Waals surface area contributed by atoms with Crippen LogP contribution in [0.5, 0.6) is 5.75 Å². The topological polar surface area (TPSA) is 38.3 Å². The fourth-order valence-corrected chi connectivity index (χ4v) is 3.82. The van der Waals surface area contributed by atoms with Crippen LogP contribution in [-0.4, -0.2) is 50.5 Å². The number of piperazine rings is 1. The lowest BCUT2D eigenvalue weighted by molar-refractivity contribution is -1.02. The average molecular weight is 357 g/mol. The minimum Gasteiger partial charge on any atom is -0.491 e. The highest BCUT2D eigenvalue weighted by Crippen LogP contribution is 2.16. The third-order valence-electron chi connectivity index (χ3n) is 5.12. The summed E-state index contributed by atoms with van der Waals surface area (Å²) in [7, 11) is 0. The van der Waals surface area contributed by atoms with E-state index >= 15 is 0 Å². The van der Waals surface area contributed by atoms with E-state index in [1.165, 1.54) is 21.6 Å². The molecule has 26 heavy (non-hydrogen) atoms. The number of quaternary nitrogens is 2. The normalized spacial score (nSPS) is 21.3. The fraction of sp³-hybridized carbons (Fsp3) is 0.455. The van der Waals surface area contributed by atoms with Gasteiger partial charge in [-0.2, -0.15) is 0 Å². The van der Waals surface area contributed by atoms with Gasteiger partial charge in [0.05, 0.1) is 0 Å². The van der Waals surface area contributed by atoms with Crippen LogP contribution in [-0.2, 0) is 6.54 Å². The average Bonchev–Trinajstić information content (AvgIpc) is 2.62. The predicted octanol–water partition coefficient (Wildman–Crippen LogP) is 0.0267. The first kappa shape index (κ1) is 18.9. The second-order valence-electron chi connectivity index (χ2n) is 7.65. The molecule has 0 aromatic heterocycles. The van der Waals surface area contributed by atoms with E-state index in [1.54, 1.807) is 4.90 Å². The Bertz CT molecular complexity index is 662. The van der Waals surface area contributed by atoms with E-state index in [9.17, 15) is 5.11 Å². The van der Waals surface area contributed by atoms with Crippen molar-refractivity contribution < 1.29 is 19.6 Å². The second-order valence-corrected chi connectivity index (χ2v) is 7.65. The number of ether oxygens (including phenoxy) is 1. The molecule has 4 heteroatoms. The first-order valence-electron chi connectivity index (χ1n) is 9.69. The molecule has 0 bridgehead atoms. The molecule has 2 aromatic carbocycles. The number of aliphatic hydroxyl groups is 1. The van der Waals surface area contributed by atoms with E-state index in [0.29, 0.717) is 6.61 Å². The summed E-state index contributed by atoms with van der Waals surface area (Å²) in [6, 6.07) is 16.9. The Labute approximate surface area is 157 Å². The number of nitrogens with one attached hydrogen (secondary N) is 2. The van der Waals surface area contributed by atoms with E-state index in [-0.39, 0.29) is 0 Å². The molecule has 0 aliphatic carbocycles. The van der Waals surface area contributed by atoms with Gasteiger partial charge in [-0.15, -0.1) is 0 Å². The summed E-state index contributed by atoms with van der Waals surface area (Å²) in [6.45, 7) is 10.9. The lowest BCUT2D eigenvalue weighted by Gasteiger charge is -2.30. The van der Waals surface area contributed by atoms with E-state index in [1.807, 2.05) is 12.1 Å². The molecule has 2 aromatic rings. The van der Waals surface area contributed by atoms with Crippen molar-refractivity contribution in [2.24, 2.45) is 0 Å². The molecule has 0 radical (unpaired) electrons. The molecule has 0 unspecified atom stereocenters. The highest BCUT2D eigenvalue weighted by atomic mass is 16.5. The van der Waals surface area contributed by atoms with Crippen LogP contribution >= 0.6 is 0 Å². The van der Waals surface area contributed by atoms with Crippen molar-refractivity contribution in [1.29, 1.82) is 0 Å². The highest BCUT2D eigenvalue weighted by molar-refractivity contribution is 5.32. The third kappa shape index (κ3) is 5.84. The number of benzene rings is 2. The fourth-order valence-electron chi connectivity index (χ4n) is 3.82. The monoisotopic (exact) mass is 356 g/mol. The van der Waals surface area contributed by atoms with Gasteiger partial charge in [0.25, 0.3) is 0 Å². The highest BCUT2D eigenvalue weighted by Gasteiger charge is 2.25. The molecule has 1 fully saturated rings. The Morgan fingerprint density at radius 2 is 1.54 bits per heavy atom. The first-order chi connectivity index (χ1) is 12.6. The summed E-state index contributed by atoms with van der Waals surface area (Å²) in [4.78, 5) is 3.12. The third-order valence-corrected chi connectivity index (χ3v) is 5.12. The number of hydrogen-bond acceptors (Lipinski definition) is 2. The molecule has 0 saturated carbocycles. The van der Waals surface area contributed by atoms with Crippen LogP contribution in [0.4, 0.5) is 0 Å². The zero-order valence-corrected chi connectivity index (χ0v) is 16.0. The van der Waals surface area contributed by atoms with Crippen LogP contribution in [0.1, 0.15) is 16.7 Å². The van der Waals surface area contributed by atoms with E-state index < -0.39 is 6.10 Å². The Morgan fingerprint density at radius 1 is 0.923 bits per heavy atom. The maximum absolute atomic E-state index is 10.3. The van der Waals surface area contributed by atoms with E-state index in [0.717, 1.165) is 45.0 Å². The van der Waals surface area contributed by atoms with Crippen molar-refractivity contribution in [3.63, 3.8) is 0 Å². The molecule has 3 N–H and O–H groups in total. The predicted molar refractivity (Wildman–Crippen MR) is 104 cm³/mol. The molecule has 1 saturated heterocycles. The standard InChI is InChI=1S/C22H30N2O2/c1-18-12-19(2)14-22(13-18)26-17-21(25)16-24-10-8-23(9-11-24)15-20-6-4-3-5-7-20/h3-7,12-14,21,25H,8-11,15-17H2,1-2H3/p+2/t21-/m0/s1. The quantitative estimate of drug-likeness (QED) is 0.655. The van der Waals surface area contributed by atoms with Crippen LogP contribution < -0.4 is 14.5 Å².